The Morgan fingerprint density at radius 2 is 1.73 bits per heavy atom. The second kappa shape index (κ2) is 12.0. The molecule has 4 atom stereocenters. The van der Waals surface area contributed by atoms with E-state index < -0.39 is 11.2 Å². The van der Waals surface area contributed by atoms with Crippen LogP contribution in [0.25, 0.3) is 16.5 Å². The Morgan fingerprint density at radius 1 is 1.02 bits per heavy atom. The lowest BCUT2D eigenvalue weighted by molar-refractivity contribution is 0.0173. The number of amides is 2. The molecule has 0 unspecified atom stereocenters. The average Bonchev–Trinajstić information content (AvgIpc) is 3.78. The third-order valence-electron chi connectivity index (χ3n) is 9.95. The van der Waals surface area contributed by atoms with Gasteiger partial charge in [0.05, 0.1) is 24.0 Å². The number of aromatic nitrogens is 2. The topological polar surface area (TPSA) is 126 Å². The summed E-state index contributed by atoms with van der Waals surface area (Å²) < 4.78 is 11.4. The minimum absolute atomic E-state index is 0.0751. The first kappa shape index (κ1) is 32.9. The molecule has 4 N–H and O–H groups in total. The van der Waals surface area contributed by atoms with Gasteiger partial charge in [0.2, 0.25) is 0 Å². The van der Waals surface area contributed by atoms with Crippen molar-refractivity contribution in [2.75, 3.05) is 13.1 Å². The van der Waals surface area contributed by atoms with Crippen LogP contribution in [0, 0.1) is 23.2 Å². The maximum absolute atomic E-state index is 13.0. The lowest BCUT2D eigenvalue weighted by Gasteiger charge is -2.29. The van der Waals surface area contributed by atoms with Crippen molar-refractivity contribution in [2.45, 2.75) is 103 Å². The Morgan fingerprint density at radius 3 is 2.47 bits per heavy atom. The van der Waals surface area contributed by atoms with Crippen LogP contribution in [0.2, 0.25) is 0 Å². The molecule has 2 saturated heterocycles. The summed E-state index contributed by atoms with van der Waals surface area (Å²) in [5.74, 6) is 7.73. The number of H-pyrrole nitrogens is 1. The number of rotatable bonds is 5. The molecule has 49 heavy (non-hydrogen) atoms. The van der Waals surface area contributed by atoms with E-state index in [2.05, 4.69) is 51.4 Å². The molecule has 2 aromatic carbocycles. The molecule has 4 aliphatic rings. The van der Waals surface area contributed by atoms with Gasteiger partial charge in [0.25, 0.3) is 0 Å². The van der Waals surface area contributed by atoms with Crippen LogP contribution in [0.15, 0.2) is 48.8 Å². The summed E-state index contributed by atoms with van der Waals surface area (Å²) in [6.07, 6.45) is 8.32. The quantitative estimate of drug-likeness (QED) is 0.260. The van der Waals surface area contributed by atoms with Gasteiger partial charge >= 0.3 is 12.2 Å². The van der Waals surface area contributed by atoms with Crippen LogP contribution in [0.3, 0.4) is 0 Å². The van der Waals surface area contributed by atoms with E-state index >= 15 is 0 Å². The standard InChI is InChI=1S/C39H48N6O4/c1-37(2,3)48-35(46)44-23-39(13-14-39)19-30(44)21-41-22-31(40)27-11-10-25-15-24(7-9-26(25)16-27)8-12-29-20-42-34(43-29)33-18-28-17-32(28)45(33)36(47)49-38(4,5)6/h7,9-11,15-16,20,22,28,30,32-33,41H,13-14,17-19,21,23,40H2,1-6H3,(H,42,43)/b31-22-/t28-,30+,32-,33+/m1/s1. The number of carbonyl (C=O) groups excluding carboxylic acids is 2. The van der Waals surface area contributed by atoms with Crippen LogP contribution in [-0.2, 0) is 9.47 Å². The van der Waals surface area contributed by atoms with Gasteiger partial charge in [-0.15, -0.1) is 0 Å². The Balaban J connectivity index is 0.979. The lowest BCUT2D eigenvalue weighted by atomic mass is 10.0. The van der Waals surface area contributed by atoms with E-state index in [-0.39, 0.29) is 35.7 Å². The Kier molecular flexibility index (Phi) is 8.08. The number of carbonyl (C=O) groups is 2. The first-order chi connectivity index (χ1) is 23.2. The van der Waals surface area contributed by atoms with Gasteiger partial charge in [0.1, 0.15) is 22.7 Å². The van der Waals surface area contributed by atoms with E-state index in [0.717, 1.165) is 53.5 Å². The molecule has 2 aliphatic heterocycles. The fourth-order valence-corrected chi connectivity index (χ4v) is 7.30. The maximum Gasteiger partial charge on any atom is 0.411 e. The molecule has 0 bridgehead atoms. The Labute approximate surface area is 288 Å². The highest BCUT2D eigenvalue weighted by Crippen LogP contribution is 2.55. The summed E-state index contributed by atoms with van der Waals surface area (Å²) in [6.45, 7) is 12.8. The molecule has 2 amide bonds. The molecule has 4 fully saturated rings. The van der Waals surface area contributed by atoms with Crippen LogP contribution >= 0.6 is 0 Å². The molecule has 0 radical (unpaired) electrons. The summed E-state index contributed by atoms with van der Waals surface area (Å²) in [5.41, 5.74) is 8.85. The fourth-order valence-electron chi connectivity index (χ4n) is 7.30. The van der Waals surface area contributed by atoms with Gasteiger partial charge in [0, 0.05) is 30.9 Å². The summed E-state index contributed by atoms with van der Waals surface area (Å²) in [5, 5.41) is 5.51. The first-order valence-electron chi connectivity index (χ1n) is 17.5. The molecule has 2 saturated carbocycles. The molecule has 3 heterocycles. The lowest BCUT2D eigenvalue weighted by Crippen LogP contribution is -2.43. The predicted molar refractivity (Wildman–Crippen MR) is 189 cm³/mol. The number of nitrogens with zero attached hydrogens (tertiary/aromatic N) is 3. The number of fused-ring (bicyclic) bond motifs is 2. The summed E-state index contributed by atoms with van der Waals surface area (Å²) in [6, 6.07) is 12.5. The fraction of sp³-hybridized carbons (Fsp3) is 0.513. The van der Waals surface area contributed by atoms with Crippen molar-refractivity contribution >= 4 is 28.7 Å². The number of nitrogens with two attached hydrogens (primary N) is 1. The molecule has 1 spiro atoms. The van der Waals surface area contributed by atoms with Crippen molar-refractivity contribution in [3.8, 4) is 11.8 Å². The van der Waals surface area contributed by atoms with E-state index in [1.165, 1.54) is 12.8 Å². The van der Waals surface area contributed by atoms with E-state index in [0.29, 0.717) is 23.9 Å². The van der Waals surface area contributed by atoms with E-state index in [1.807, 2.05) is 69.7 Å². The number of benzene rings is 2. The SMILES string of the molecule is CC(C)(C)OC(=O)N1CC2(CC2)C[C@H]1CN/C=C(\N)c1ccc2cc(C#Cc3cnc([C@@H]4C[C@H]5C[C@H]5N4C(=O)OC(C)(C)C)[nH]3)ccc2c1. The summed E-state index contributed by atoms with van der Waals surface area (Å²) in [4.78, 5) is 37.6. The van der Waals surface area contributed by atoms with Gasteiger partial charge in [-0.3, -0.25) is 4.90 Å². The molecule has 3 aromatic rings. The zero-order valence-corrected chi connectivity index (χ0v) is 29.4. The van der Waals surface area contributed by atoms with Crippen molar-refractivity contribution in [2.24, 2.45) is 17.1 Å². The minimum atomic E-state index is -0.542. The van der Waals surface area contributed by atoms with Crippen molar-refractivity contribution in [3.63, 3.8) is 0 Å². The molecule has 7 rings (SSSR count). The number of likely N-dealkylation sites (tertiary alicyclic amines) is 2. The second-order valence-corrected chi connectivity index (χ2v) is 16.4. The molecule has 10 nitrogen and oxygen atoms in total. The smallest absolute Gasteiger partial charge is 0.411 e. The molecular weight excluding hydrogens is 616 g/mol. The van der Waals surface area contributed by atoms with Gasteiger partial charge in [0.15, 0.2) is 0 Å². The number of piperidine rings is 1. The number of nitrogens with one attached hydrogen (secondary N) is 2. The average molecular weight is 665 g/mol. The first-order valence-corrected chi connectivity index (χ1v) is 17.5. The molecule has 1 aromatic heterocycles. The minimum Gasteiger partial charge on any atom is -0.444 e. The van der Waals surface area contributed by atoms with Gasteiger partial charge in [-0.2, -0.15) is 0 Å². The number of hydrogen-bond donors (Lipinski definition) is 3. The Bertz CT molecular complexity index is 1870. The number of ether oxygens (including phenoxy) is 2. The van der Waals surface area contributed by atoms with Crippen LogP contribution in [0.5, 0.6) is 0 Å². The molecule has 2 aliphatic carbocycles. The Hall–Kier alpha value is -4.65. The predicted octanol–water partition coefficient (Wildman–Crippen LogP) is 6.67. The maximum atomic E-state index is 13.0. The number of hydrogen-bond acceptors (Lipinski definition) is 7. The van der Waals surface area contributed by atoms with Gasteiger partial charge in [-0.25, -0.2) is 14.6 Å². The van der Waals surface area contributed by atoms with Crippen molar-refractivity contribution in [1.82, 2.24) is 25.1 Å². The van der Waals surface area contributed by atoms with Gasteiger partial charge in [-0.05, 0) is 125 Å². The second-order valence-electron chi connectivity index (χ2n) is 16.4. The molecule has 258 valence electrons. The highest BCUT2D eigenvalue weighted by molar-refractivity contribution is 5.87. The van der Waals surface area contributed by atoms with Crippen LogP contribution in [0.4, 0.5) is 9.59 Å². The third kappa shape index (κ3) is 7.36. The largest absolute Gasteiger partial charge is 0.444 e. The molecular formula is C39H48N6O4. The monoisotopic (exact) mass is 664 g/mol. The van der Waals surface area contributed by atoms with Crippen molar-refractivity contribution in [1.29, 1.82) is 0 Å². The highest BCUT2D eigenvalue weighted by Gasteiger charge is 2.56. The normalized spacial score (nSPS) is 24.0. The van der Waals surface area contributed by atoms with Crippen LogP contribution in [-0.4, -0.2) is 68.3 Å². The van der Waals surface area contributed by atoms with E-state index in [1.54, 1.807) is 6.20 Å². The van der Waals surface area contributed by atoms with Gasteiger partial charge < -0.3 is 30.4 Å². The summed E-state index contributed by atoms with van der Waals surface area (Å²) >= 11 is 0. The summed E-state index contributed by atoms with van der Waals surface area (Å²) in [7, 11) is 0. The van der Waals surface area contributed by atoms with Crippen LogP contribution < -0.4 is 11.1 Å². The van der Waals surface area contributed by atoms with E-state index in [4.69, 9.17) is 15.2 Å². The van der Waals surface area contributed by atoms with Gasteiger partial charge in [-0.1, -0.05) is 24.1 Å². The zero-order chi connectivity index (χ0) is 34.7. The van der Waals surface area contributed by atoms with Crippen LogP contribution in [0.1, 0.15) is 102 Å². The third-order valence-corrected chi connectivity index (χ3v) is 9.95. The number of imidazole rings is 1. The van der Waals surface area contributed by atoms with Crippen molar-refractivity contribution in [3.05, 3.63) is 71.4 Å². The van der Waals surface area contributed by atoms with E-state index in [9.17, 15) is 9.59 Å². The number of aromatic amines is 1. The molecule has 10 heteroatoms. The van der Waals surface area contributed by atoms with Crippen molar-refractivity contribution < 1.29 is 19.1 Å². The highest BCUT2D eigenvalue weighted by atomic mass is 16.6. The zero-order valence-electron chi connectivity index (χ0n) is 29.4.